The molecular formula is C67H66IrN4OSi-2. The van der Waals surface area contributed by atoms with Gasteiger partial charge in [0.05, 0.1) is 30.3 Å². The van der Waals surface area contributed by atoms with E-state index in [0.717, 1.165) is 77.5 Å². The second-order valence-corrected chi connectivity index (χ2v) is 28.3. The minimum atomic E-state index is -0.965. The van der Waals surface area contributed by atoms with Crippen molar-refractivity contribution >= 4 is 51.8 Å². The second kappa shape index (κ2) is 20.4. The summed E-state index contributed by atoms with van der Waals surface area (Å²) in [6.07, 6.45) is 9.61. The third kappa shape index (κ3) is 9.51. The van der Waals surface area contributed by atoms with E-state index < -0.39 is 8.07 Å². The maximum absolute atomic E-state index is 10.6. The zero-order valence-corrected chi connectivity index (χ0v) is 47.6. The van der Waals surface area contributed by atoms with E-state index in [2.05, 4.69) is 186 Å². The van der Waals surface area contributed by atoms with Crippen molar-refractivity contribution in [1.82, 2.24) is 14.5 Å². The molecule has 6 heterocycles. The van der Waals surface area contributed by atoms with Gasteiger partial charge in [0, 0.05) is 48.7 Å². The van der Waals surface area contributed by atoms with Crippen LogP contribution in [0.2, 0.25) is 24.2 Å². The first-order valence-electron chi connectivity index (χ1n) is 26.6. The number of fused-ring (bicyclic) bond motifs is 6. The van der Waals surface area contributed by atoms with Crippen molar-refractivity contribution in [3.63, 3.8) is 0 Å². The molecule has 0 N–H and O–H groups in total. The third-order valence-electron chi connectivity index (χ3n) is 16.2. The molecule has 0 bridgehead atoms. The van der Waals surface area contributed by atoms with Gasteiger partial charge in [0.25, 0.3) is 0 Å². The Hall–Kier alpha value is -6.42. The smallest absolute Gasteiger partial charge is 0.146 e. The quantitative estimate of drug-likeness (QED) is 0.123. The summed E-state index contributed by atoms with van der Waals surface area (Å²) in [5.74, 6) is 0.907. The van der Waals surface area contributed by atoms with Gasteiger partial charge < -0.3 is 19.0 Å². The number of hydrogen-bond acceptors (Lipinski definition) is 4. The largest absolute Gasteiger partial charge is 0.498 e. The number of rotatable bonds is 6. The summed E-state index contributed by atoms with van der Waals surface area (Å²) >= 11 is 0. The molecule has 1 radical (unpaired) electrons. The van der Waals surface area contributed by atoms with E-state index in [-0.39, 0.29) is 36.9 Å². The maximum atomic E-state index is 10.6. The molecular weight excluding hydrogens is 1100 g/mol. The van der Waals surface area contributed by atoms with Gasteiger partial charge in [0.1, 0.15) is 17.3 Å². The summed E-state index contributed by atoms with van der Waals surface area (Å²) in [7, 11) is -0.965. The molecule has 0 atom stereocenters. The number of para-hydroxylation sites is 2. The van der Waals surface area contributed by atoms with Crippen LogP contribution < -0.4 is 0 Å². The molecule has 10 aromatic rings. The van der Waals surface area contributed by atoms with Crippen molar-refractivity contribution in [3.8, 4) is 45.4 Å². The summed E-state index contributed by atoms with van der Waals surface area (Å²) in [5, 5.41) is 14.9. The van der Waals surface area contributed by atoms with Crippen molar-refractivity contribution < 1.29 is 24.5 Å². The molecule has 12 rings (SSSR count). The Labute approximate surface area is 452 Å². The molecule has 6 aromatic carbocycles. The summed E-state index contributed by atoms with van der Waals surface area (Å²) in [5.41, 5.74) is 16.4. The van der Waals surface area contributed by atoms with E-state index in [1.807, 2.05) is 42.7 Å². The molecule has 0 saturated carbocycles. The summed E-state index contributed by atoms with van der Waals surface area (Å²) in [6, 6.07) is 62.4. The molecule has 0 aliphatic carbocycles. The molecule has 0 amide bonds. The number of aromatic nitrogens is 3. The fourth-order valence-electron chi connectivity index (χ4n) is 12.2. The third-order valence-corrected chi connectivity index (χ3v) is 21.8. The van der Waals surface area contributed by atoms with Gasteiger partial charge in [-0.2, -0.15) is 5.26 Å². The molecule has 7 heteroatoms. The molecule has 2 fully saturated rings. The number of nitrogens with zero attached hydrogens (tertiary/aromatic N) is 4. The van der Waals surface area contributed by atoms with Crippen LogP contribution in [0.5, 0.6) is 0 Å². The molecule has 375 valence electrons. The number of pyridine rings is 2. The maximum Gasteiger partial charge on any atom is 0.146 e. The van der Waals surface area contributed by atoms with Crippen LogP contribution in [-0.2, 0) is 30.9 Å². The van der Waals surface area contributed by atoms with Gasteiger partial charge in [-0.3, -0.25) is 0 Å². The van der Waals surface area contributed by atoms with Crippen LogP contribution in [0.3, 0.4) is 0 Å². The van der Waals surface area contributed by atoms with Gasteiger partial charge >= 0.3 is 0 Å². The van der Waals surface area contributed by atoms with Gasteiger partial charge in [-0.05, 0) is 93.1 Å². The normalized spacial score (nSPS) is 14.9. The van der Waals surface area contributed by atoms with Gasteiger partial charge in [-0.15, -0.1) is 53.6 Å². The monoisotopic (exact) mass is 1160 g/mol. The van der Waals surface area contributed by atoms with Gasteiger partial charge in [-0.1, -0.05) is 188 Å². The standard InChI is InChI=1S/C52H50N3OSi.C15H16N.Ir/c1-33(2)38-20-21-42(45-31-36(22-25-54-45)39-18-16-35(30-44(39)52(3,4)5)34-23-28-57(29-24-34)26-10-11-27-57)50-48(38)43-19-17-37(32-53)49(51(43)56-50)55-46-14-8-6-12-40(46)41-13-7-9-15-47(41)55;1-15(2,3)13-9-10-14(16-11-13)12-7-5-4-6-8-12;/h6-9,12-20,22,25,30-31,33-34H,10-11,23-24,26-29H2,1-5H3;4-7,9-11H,1-3H3;/q2*-1;. The molecule has 1 spiro atoms. The predicted octanol–water partition coefficient (Wildman–Crippen LogP) is 18.5. The summed E-state index contributed by atoms with van der Waals surface area (Å²) < 4.78 is 9.34. The molecule has 2 saturated heterocycles. The van der Waals surface area contributed by atoms with E-state index >= 15 is 0 Å². The fraction of sp³-hybridized carbons (Fsp3) is 0.299. The first-order valence-corrected chi connectivity index (χ1v) is 29.4. The SMILES string of the molecule is CC(C)(C)c1ccc(-c2[c-]cccc2)nc1.CC(C)c1c[c-]c(-c2cc(-c3ccc(C4CC[Si]5(CCCC5)CC4)cc3C(C)(C)C)ccn2)c2oc3c(-n4c5ccccc5c5ccccc54)c(C#N)ccc3c12.[Ir]. The molecule has 4 aromatic heterocycles. The molecule has 2 aliphatic heterocycles. The first-order chi connectivity index (χ1) is 35.2. The van der Waals surface area contributed by atoms with E-state index in [1.54, 1.807) is 12.1 Å². The minimum Gasteiger partial charge on any atom is -0.498 e. The number of nitriles is 1. The first kappa shape index (κ1) is 51.1. The molecule has 2 aliphatic rings. The molecule has 5 nitrogen and oxygen atoms in total. The Bertz CT molecular complexity index is 3650. The van der Waals surface area contributed by atoms with Gasteiger partial charge in [-0.25, -0.2) is 0 Å². The topological polar surface area (TPSA) is 67.6 Å². The second-order valence-electron chi connectivity index (χ2n) is 23.3. The van der Waals surface area contributed by atoms with Crippen molar-refractivity contribution in [2.75, 3.05) is 0 Å². The Morgan fingerprint density at radius 3 is 2.03 bits per heavy atom. The van der Waals surface area contributed by atoms with E-state index in [0.29, 0.717) is 17.1 Å². The van der Waals surface area contributed by atoms with Crippen molar-refractivity contribution in [1.29, 1.82) is 5.26 Å². The van der Waals surface area contributed by atoms with Crippen LogP contribution in [-0.4, -0.2) is 22.6 Å². The molecule has 0 unspecified atom stereocenters. The van der Waals surface area contributed by atoms with Crippen LogP contribution in [0, 0.1) is 23.5 Å². The van der Waals surface area contributed by atoms with Gasteiger partial charge in [0.15, 0.2) is 0 Å². The average molecular weight is 1160 g/mol. The van der Waals surface area contributed by atoms with Crippen LogP contribution >= 0.6 is 0 Å². The number of benzene rings is 6. The van der Waals surface area contributed by atoms with Crippen LogP contribution in [0.25, 0.3) is 83.1 Å². The van der Waals surface area contributed by atoms with E-state index in [9.17, 15) is 5.26 Å². The van der Waals surface area contributed by atoms with Crippen molar-refractivity contribution in [2.24, 2.45) is 0 Å². The Balaban J connectivity index is 0.000000315. The summed E-state index contributed by atoms with van der Waals surface area (Å²) in [6.45, 7) is 18.1. The van der Waals surface area contributed by atoms with Gasteiger partial charge in [0.2, 0.25) is 0 Å². The Kier molecular flexibility index (Phi) is 14.1. The average Bonchev–Trinajstić information content (AvgIpc) is 4.13. The number of furan rings is 1. The van der Waals surface area contributed by atoms with Crippen LogP contribution in [0.4, 0.5) is 0 Å². The van der Waals surface area contributed by atoms with Crippen molar-refractivity contribution in [2.45, 2.75) is 128 Å². The summed E-state index contributed by atoms with van der Waals surface area (Å²) in [4.78, 5) is 9.47. The Morgan fingerprint density at radius 1 is 0.703 bits per heavy atom. The van der Waals surface area contributed by atoms with Crippen LogP contribution in [0.1, 0.15) is 121 Å². The molecule has 74 heavy (non-hydrogen) atoms. The van der Waals surface area contributed by atoms with E-state index in [4.69, 9.17) is 9.40 Å². The minimum absolute atomic E-state index is 0. The zero-order chi connectivity index (χ0) is 50.6. The van der Waals surface area contributed by atoms with E-state index in [1.165, 1.54) is 60.0 Å². The zero-order valence-electron chi connectivity index (χ0n) is 44.2. The predicted molar refractivity (Wildman–Crippen MR) is 306 cm³/mol. The Morgan fingerprint density at radius 2 is 1.41 bits per heavy atom. The van der Waals surface area contributed by atoms with Crippen molar-refractivity contribution in [3.05, 3.63) is 186 Å². The fourth-order valence-corrected chi connectivity index (χ4v) is 17.6. The van der Waals surface area contributed by atoms with Crippen LogP contribution in [0.15, 0.2) is 150 Å². The number of hydrogen-bond donors (Lipinski definition) is 0.